The molecule has 1 aliphatic carbocycles. The smallest absolute Gasteiger partial charge is 0.0210 e. The van der Waals surface area contributed by atoms with Gasteiger partial charge in [0.25, 0.3) is 0 Å². The van der Waals surface area contributed by atoms with E-state index >= 15 is 0 Å². The molecule has 0 aliphatic heterocycles. The summed E-state index contributed by atoms with van der Waals surface area (Å²) in [5.74, 6) is 0. The Kier molecular flexibility index (Phi) is 2.65. The van der Waals surface area contributed by atoms with Crippen molar-refractivity contribution in [3.05, 3.63) is 58.1 Å². The Labute approximate surface area is 87.1 Å². The Balaban J connectivity index is 2.14. The fourth-order valence-corrected chi connectivity index (χ4v) is 1.93. The molecule has 1 heteroatoms. The molecule has 13 heavy (non-hydrogen) atoms. The Morgan fingerprint density at radius 1 is 1.23 bits per heavy atom. The average molecular weight is 235 g/mol. The third kappa shape index (κ3) is 2.10. The van der Waals surface area contributed by atoms with Crippen LogP contribution in [-0.2, 0) is 6.42 Å². The van der Waals surface area contributed by atoms with E-state index in [4.69, 9.17) is 0 Å². The number of benzene rings is 1. The van der Waals surface area contributed by atoms with Gasteiger partial charge < -0.3 is 0 Å². The van der Waals surface area contributed by atoms with E-state index in [2.05, 4.69) is 58.4 Å². The molecule has 66 valence electrons. The lowest BCUT2D eigenvalue weighted by Gasteiger charge is -2.04. The summed E-state index contributed by atoms with van der Waals surface area (Å²) in [6.45, 7) is 0. The summed E-state index contributed by atoms with van der Waals surface area (Å²) in [6.07, 6.45) is 8.72. The topological polar surface area (TPSA) is 0 Å². The quantitative estimate of drug-likeness (QED) is 0.729. The first-order valence-electron chi connectivity index (χ1n) is 4.44. The van der Waals surface area contributed by atoms with Crippen LogP contribution in [0.15, 0.2) is 52.5 Å². The molecule has 0 aromatic heterocycles. The highest BCUT2D eigenvalue weighted by Crippen LogP contribution is 2.22. The lowest BCUT2D eigenvalue weighted by molar-refractivity contribution is 1.08. The molecule has 0 fully saturated rings. The lowest BCUT2D eigenvalue weighted by Crippen LogP contribution is -1.88. The van der Waals surface area contributed by atoms with E-state index in [9.17, 15) is 0 Å². The molecule has 0 N–H and O–H groups in total. The van der Waals surface area contributed by atoms with Gasteiger partial charge in [-0.2, -0.15) is 0 Å². The number of hydrogen-bond acceptors (Lipinski definition) is 0. The van der Waals surface area contributed by atoms with Crippen molar-refractivity contribution in [3.8, 4) is 0 Å². The monoisotopic (exact) mass is 234 g/mol. The Bertz CT molecular complexity index is 361. The zero-order valence-corrected chi connectivity index (χ0v) is 8.92. The summed E-state index contributed by atoms with van der Waals surface area (Å²) in [6, 6.07) is 8.40. The average Bonchev–Trinajstić information content (AvgIpc) is 2.61. The summed E-state index contributed by atoms with van der Waals surface area (Å²) < 4.78 is 1.21. The van der Waals surface area contributed by atoms with Crippen molar-refractivity contribution >= 4 is 15.9 Å². The molecular weight excluding hydrogens is 224 g/mol. The normalized spacial score (nSPS) is 14.7. The van der Waals surface area contributed by atoms with Crippen LogP contribution < -0.4 is 0 Å². The van der Waals surface area contributed by atoms with Gasteiger partial charge in [0.1, 0.15) is 0 Å². The number of halogens is 1. The van der Waals surface area contributed by atoms with E-state index in [1.54, 1.807) is 0 Å². The molecule has 0 radical (unpaired) electrons. The van der Waals surface area contributed by atoms with Crippen molar-refractivity contribution in [2.75, 3.05) is 0 Å². The number of allylic oxidation sites excluding steroid dienone is 4. The molecule has 0 amide bonds. The highest BCUT2D eigenvalue weighted by Gasteiger charge is 2.03. The van der Waals surface area contributed by atoms with Gasteiger partial charge in [0.15, 0.2) is 0 Å². The van der Waals surface area contributed by atoms with E-state index in [1.807, 2.05) is 0 Å². The zero-order valence-electron chi connectivity index (χ0n) is 7.33. The first-order chi connectivity index (χ1) is 6.36. The van der Waals surface area contributed by atoms with Crippen LogP contribution in [0, 0.1) is 0 Å². The highest BCUT2D eigenvalue weighted by atomic mass is 79.9. The fourth-order valence-electron chi connectivity index (χ4n) is 1.51. The summed E-state index contributed by atoms with van der Waals surface area (Å²) in [7, 11) is 0. The summed E-state index contributed by atoms with van der Waals surface area (Å²) in [5.41, 5.74) is 2.87. The van der Waals surface area contributed by atoms with Crippen LogP contribution in [0.2, 0.25) is 0 Å². The lowest BCUT2D eigenvalue weighted by atomic mass is 10.1. The van der Waals surface area contributed by atoms with Crippen LogP contribution in [0.25, 0.3) is 0 Å². The maximum absolute atomic E-state index is 3.56. The van der Waals surface area contributed by atoms with Gasteiger partial charge in [0.05, 0.1) is 0 Å². The molecular formula is C12H11Br. The Morgan fingerprint density at radius 3 is 2.77 bits per heavy atom. The Hall–Kier alpha value is -0.820. The maximum atomic E-state index is 3.56. The van der Waals surface area contributed by atoms with Crippen molar-refractivity contribution < 1.29 is 0 Å². The standard InChI is InChI=1S/C12H11Br/c13-12-8-4-3-7-11(12)9-10-5-1-2-6-10/h1-5,7-8H,6,9H2. The molecule has 0 saturated heterocycles. The molecule has 0 nitrogen and oxygen atoms in total. The third-order valence-electron chi connectivity index (χ3n) is 2.22. The van der Waals surface area contributed by atoms with Crippen molar-refractivity contribution in [1.29, 1.82) is 0 Å². The molecule has 2 rings (SSSR count). The van der Waals surface area contributed by atoms with Gasteiger partial charge in [-0.15, -0.1) is 0 Å². The molecule has 0 saturated carbocycles. The second kappa shape index (κ2) is 3.93. The van der Waals surface area contributed by atoms with Crippen LogP contribution >= 0.6 is 15.9 Å². The molecule has 0 unspecified atom stereocenters. The van der Waals surface area contributed by atoms with Gasteiger partial charge in [-0.05, 0) is 24.5 Å². The van der Waals surface area contributed by atoms with Crippen molar-refractivity contribution in [1.82, 2.24) is 0 Å². The minimum absolute atomic E-state index is 1.06. The molecule has 1 aliphatic rings. The molecule has 0 atom stereocenters. The maximum Gasteiger partial charge on any atom is 0.0210 e. The van der Waals surface area contributed by atoms with Crippen LogP contribution in [0.3, 0.4) is 0 Å². The van der Waals surface area contributed by atoms with Crippen LogP contribution in [0.4, 0.5) is 0 Å². The Morgan fingerprint density at radius 2 is 2.08 bits per heavy atom. The van der Waals surface area contributed by atoms with Gasteiger partial charge in [0, 0.05) is 4.47 Å². The minimum atomic E-state index is 1.06. The van der Waals surface area contributed by atoms with Gasteiger partial charge in [-0.1, -0.05) is 57.9 Å². The minimum Gasteiger partial charge on any atom is -0.0804 e. The van der Waals surface area contributed by atoms with Gasteiger partial charge in [0.2, 0.25) is 0 Å². The predicted molar refractivity (Wildman–Crippen MR) is 59.7 cm³/mol. The van der Waals surface area contributed by atoms with Crippen LogP contribution in [0.5, 0.6) is 0 Å². The summed E-state index contributed by atoms with van der Waals surface area (Å²) >= 11 is 3.56. The molecule has 1 aromatic rings. The van der Waals surface area contributed by atoms with Gasteiger partial charge in [-0.3, -0.25) is 0 Å². The first-order valence-corrected chi connectivity index (χ1v) is 5.23. The highest BCUT2D eigenvalue weighted by molar-refractivity contribution is 9.10. The molecule has 0 spiro atoms. The molecule has 0 bridgehead atoms. The van der Waals surface area contributed by atoms with E-state index in [-0.39, 0.29) is 0 Å². The summed E-state index contributed by atoms with van der Waals surface area (Å²) in [5, 5.41) is 0. The van der Waals surface area contributed by atoms with Crippen LogP contribution in [0.1, 0.15) is 12.0 Å². The largest absolute Gasteiger partial charge is 0.0804 e. The molecule has 1 aromatic carbocycles. The van der Waals surface area contributed by atoms with Crippen molar-refractivity contribution in [3.63, 3.8) is 0 Å². The van der Waals surface area contributed by atoms with Gasteiger partial charge >= 0.3 is 0 Å². The predicted octanol–water partition coefficient (Wildman–Crippen LogP) is 3.88. The van der Waals surface area contributed by atoms with Crippen molar-refractivity contribution in [2.45, 2.75) is 12.8 Å². The van der Waals surface area contributed by atoms with Gasteiger partial charge in [-0.25, -0.2) is 0 Å². The van der Waals surface area contributed by atoms with E-state index in [0.717, 1.165) is 12.8 Å². The zero-order chi connectivity index (χ0) is 9.10. The van der Waals surface area contributed by atoms with Crippen LogP contribution in [-0.4, -0.2) is 0 Å². The SMILES string of the molecule is Brc1ccccc1CC1=CC=CC1. The third-order valence-corrected chi connectivity index (χ3v) is 3.00. The van der Waals surface area contributed by atoms with E-state index in [1.165, 1.54) is 15.6 Å². The van der Waals surface area contributed by atoms with E-state index < -0.39 is 0 Å². The number of rotatable bonds is 2. The molecule has 0 heterocycles. The second-order valence-corrected chi connectivity index (χ2v) is 4.08. The first kappa shape index (κ1) is 8.76. The second-order valence-electron chi connectivity index (χ2n) is 3.23. The van der Waals surface area contributed by atoms with Crippen molar-refractivity contribution in [2.24, 2.45) is 0 Å². The number of hydrogen-bond donors (Lipinski definition) is 0. The summed E-state index contributed by atoms with van der Waals surface area (Å²) in [4.78, 5) is 0. The fraction of sp³-hybridized carbons (Fsp3) is 0.167. The van der Waals surface area contributed by atoms with E-state index in [0.29, 0.717) is 0 Å².